The number of benzene rings is 1. The first-order valence-electron chi connectivity index (χ1n) is 6.09. The summed E-state index contributed by atoms with van der Waals surface area (Å²) >= 11 is 0. The minimum Gasteiger partial charge on any atom is -0.490 e. The van der Waals surface area contributed by atoms with Crippen molar-refractivity contribution in [2.24, 2.45) is 0 Å². The van der Waals surface area contributed by atoms with E-state index in [0.29, 0.717) is 29.8 Å². The zero-order valence-corrected chi connectivity index (χ0v) is 10.9. The molecule has 2 rings (SSSR count). The van der Waals surface area contributed by atoms with Crippen molar-refractivity contribution in [3.8, 4) is 11.5 Å². The van der Waals surface area contributed by atoms with Gasteiger partial charge in [0, 0.05) is 18.0 Å². The van der Waals surface area contributed by atoms with Gasteiger partial charge in [0.2, 0.25) is 0 Å². The third-order valence-electron chi connectivity index (χ3n) is 2.52. The molecule has 0 radical (unpaired) electrons. The van der Waals surface area contributed by atoms with E-state index in [1.807, 2.05) is 6.92 Å². The lowest BCUT2D eigenvalue weighted by molar-refractivity contribution is 0.0728. The number of nitrogens with zero attached hydrogens (tertiary/aromatic N) is 1. The van der Waals surface area contributed by atoms with E-state index < -0.39 is 5.97 Å². The molecule has 1 aromatic carbocycles. The predicted molar refractivity (Wildman–Crippen MR) is 72.2 cm³/mol. The van der Waals surface area contributed by atoms with Gasteiger partial charge in [-0.25, -0.2) is 4.79 Å². The Morgan fingerprint density at radius 1 is 1.20 bits per heavy atom. The Balaban J connectivity index is 2.24. The van der Waals surface area contributed by atoms with E-state index in [9.17, 15) is 9.59 Å². The second-order valence-electron chi connectivity index (χ2n) is 3.88. The molecule has 0 spiro atoms. The first-order chi connectivity index (χ1) is 9.74. The van der Waals surface area contributed by atoms with E-state index in [1.54, 1.807) is 18.2 Å². The summed E-state index contributed by atoms with van der Waals surface area (Å²) in [6.07, 6.45) is 3.72. The number of hydrogen-bond acceptors (Lipinski definition) is 5. The van der Waals surface area contributed by atoms with Crippen molar-refractivity contribution in [1.29, 1.82) is 0 Å². The van der Waals surface area contributed by atoms with E-state index in [1.165, 1.54) is 24.5 Å². The predicted octanol–water partition coefficient (Wildman–Crippen LogP) is 2.51. The molecule has 0 atom stereocenters. The number of aromatic nitrogens is 1. The molecule has 5 heteroatoms. The van der Waals surface area contributed by atoms with Crippen molar-refractivity contribution >= 4 is 12.3 Å². The molecular weight excluding hydrogens is 258 g/mol. The summed E-state index contributed by atoms with van der Waals surface area (Å²) in [6.45, 7) is 2.21. The molecule has 1 heterocycles. The maximum Gasteiger partial charge on any atom is 0.343 e. The van der Waals surface area contributed by atoms with Crippen LogP contribution in [0.15, 0.2) is 42.7 Å². The molecule has 0 fully saturated rings. The highest BCUT2D eigenvalue weighted by Gasteiger charge is 2.13. The third-order valence-corrected chi connectivity index (χ3v) is 2.52. The zero-order chi connectivity index (χ0) is 14.4. The molecule has 0 saturated carbocycles. The van der Waals surface area contributed by atoms with Crippen LogP contribution in [-0.4, -0.2) is 23.8 Å². The van der Waals surface area contributed by atoms with Gasteiger partial charge in [-0.1, -0.05) is 0 Å². The summed E-state index contributed by atoms with van der Waals surface area (Å²) in [5, 5.41) is 0. The van der Waals surface area contributed by atoms with E-state index in [-0.39, 0.29) is 5.75 Å². The number of esters is 1. The number of hydrogen-bond donors (Lipinski definition) is 0. The van der Waals surface area contributed by atoms with Crippen LogP contribution in [0.2, 0.25) is 0 Å². The van der Waals surface area contributed by atoms with Crippen LogP contribution in [-0.2, 0) is 0 Å². The number of ether oxygens (including phenoxy) is 2. The van der Waals surface area contributed by atoms with Crippen LogP contribution in [0.25, 0.3) is 0 Å². The number of rotatable bonds is 5. The standard InChI is InChI=1S/C15H13NO4/c1-2-19-14-9-11(10-17)3-4-13(14)20-15(18)12-5-7-16-8-6-12/h3-10H,2H2,1H3. The van der Waals surface area contributed by atoms with Crippen molar-refractivity contribution < 1.29 is 19.1 Å². The van der Waals surface area contributed by atoms with Gasteiger partial charge in [0.25, 0.3) is 0 Å². The zero-order valence-electron chi connectivity index (χ0n) is 10.9. The van der Waals surface area contributed by atoms with Crippen molar-refractivity contribution in [1.82, 2.24) is 4.98 Å². The molecule has 5 nitrogen and oxygen atoms in total. The Morgan fingerprint density at radius 3 is 2.60 bits per heavy atom. The molecule has 0 aliphatic carbocycles. The van der Waals surface area contributed by atoms with Gasteiger partial charge in [0.1, 0.15) is 6.29 Å². The van der Waals surface area contributed by atoms with Gasteiger partial charge in [-0.05, 0) is 37.3 Å². The van der Waals surface area contributed by atoms with Gasteiger partial charge in [0.05, 0.1) is 12.2 Å². The van der Waals surface area contributed by atoms with Gasteiger partial charge in [-0.3, -0.25) is 9.78 Å². The lowest BCUT2D eigenvalue weighted by atomic mass is 10.2. The summed E-state index contributed by atoms with van der Waals surface area (Å²) in [4.78, 5) is 26.5. The number of carbonyl (C=O) groups is 2. The first kappa shape index (κ1) is 13.7. The molecule has 1 aromatic heterocycles. The fourth-order valence-electron chi connectivity index (χ4n) is 1.60. The SMILES string of the molecule is CCOc1cc(C=O)ccc1OC(=O)c1ccncc1. The van der Waals surface area contributed by atoms with Crippen molar-refractivity contribution in [2.75, 3.05) is 6.61 Å². The molecular formula is C15H13NO4. The van der Waals surface area contributed by atoms with Crippen molar-refractivity contribution in [2.45, 2.75) is 6.92 Å². The molecule has 0 bridgehead atoms. The van der Waals surface area contributed by atoms with E-state index in [2.05, 4.69) is 4.98 Å². The van der Waals surface area contributed by atoms with Crippen LogP contribution in [0.4, 0.5) is 0 Å². The maximum absolute atomic E-state index is 11.9. The Kier molecular flexibility index (Phi) is 4.44. The Bertz CT molecular complexity index is 611. The van der Waals surface area contributed by atoms with E-state index >= 15 is 0 Å². The number of pyridine rings is 1. The number of aldehydes is 1. The summed E-state index contributed by atoms with van der Waals surface area (Å²) < 4.78 is 10.6. The second kappa shape index (κ2) is 6.47. The van der Waals surface area contributed by atoms with Crippen molar-refractivity contribution in [3.63, 3.8) is 0 Å². The molecule has 0 N–H and O–H groups in total. The summed E-state index contributed by atoms with van der Waals surface area (Å²) in [5.74, 6) is 0.131. The van der Waals surface area contributed by atoms with E-state index in [0.717, 1.165) is 0 Å². The number of carbonyl (C=O) groups excluding carboxylic acids is 2. The third kappa shape index (κ3) is 3.20. The molecule has 0 aliphatic rings. The van der Waals surface area contributed by atoms with Gasteiger partial charge >= 0.3 is 5.97 Å². The second-order valence-corrected chi connectivity index (χ2v) is 3.88. The molecule has 0 saturated heterocycles. The fraction of sp³-hybridized carbons (Fsp3) is 0.133. The summed E-state index contributed by atoms with van der Waals surface area (Å²) in [6, 6.07) is 7.75. The molecule has 0 unspecified atom stereocenters. The van der Waals surface area contributed by atoms with Crippen LogP contribution in [0.5, 0.6) is 11.5 Å². The highest BCUT2D eigenvalue weighted by atomic mass is 16.6. The largest absolute Gasteiger partial charge is 0.490 e. The van der Waals surface area contributed by atoms with Gasteiger partial charge < -0.3 is 9.47 Å². The van der Waals surface area contributed by atoms with Crippen LogP contribution in [0, 0.1) is 0 Å². The molecule has 20 heavy (non-hydrogen) atoms. The average Bonchev–Trinajstić information content (AvgIpc) is 2.50. The Morgan fingerprint density at radius 2 is 1.95 bits per heavy atom. The van der Waals surface area contributed by atoms with Gasteiger partial charge in [-0.15, -0.1) is 0 Å². The minimum atomic E-state index is -0.507. The smallest absolute Gasteiger partial charge is 0.343 e. The molecule has 0 aliphatic heterocycles. The van der Waals surface area contributed by atoms with Crippen LogP contribution in [0.3, 0.4) is 0 Å². The lowest BCUT2D eigenvalue weighted by Crippen LogP contribution is -2.09. The Hall–Kier alpha value is -2.69. The van der Waals surface area contributed by atoms with Gasteiger partial charge in [0.15, 0.2) is 11.5 Å². The van der Waals surface area contributed by atoms with Gasteiger partial charge in [-0.2, -0.15) is 0 Å². The Labute approximate surface area is 116 Å². The average molecular weight is 271 g/mol. The van der Waals surface area contributed by atoms with Crippen LogP contribution >= 0.6 is 0 Å². The summed E-state index contributed by atoms with van der Waals surface area (Å²) in [5.41, 5.74) is 0.846. The topological polar surface area (TPSA) is 65.5 Å². The first-order valence-corrected chi connectivity index (χ1v) is 6.09. The normalized spacial score (nSPS) is 9.85. The van der Waals surface area contributed by atoms with Crippen molar-refractivity contribution in [3.05, 3.63) is 53.9 Å². The monoisotopic (exact) mass is 271 g/mol. The lowest BCUT2D eigenvalue weighted by Gasteiger charge is -2.10. The quantitative estimate of drug-likeness (QED) is 0.475. The van der Waals surface area contributed by atoms with Crippen LogP contribution in [0.1, 0.15) is 27.6 Å². The fourth-order valence-corrected chi connectivity index (χ4v) is 1.60. The van der Waals surface area contributed by atoms with E-state index in [4.69, 9.17) is 9.47 Å². The van der Waals surface area contributed by atoms with Crippen LogP contribution < -0.4 is 9.47 Å². The molecule has 2 aromatic rings. The molecule has 102 valence electrons. The summed E-state index contributed by atoms with van der Waals surface area (Å²) in [7, 11) is 0. The minimum absolute atomic E-state index is 0.277. The maximum atomic E-state index is 11.9. The molecule has 0 amide bonds. The highest BCUT2D eigenvalue weighted by Crippen LogP contribution is 2.28. The highest BCUT2D eigenvalue weighted by molar-refractivity contribution is 5.91.